The van der Waals surface area contributed by atoms with Crippen molar-refractivity contribution in [3.8, 4) is 17.2 Å². The summed E-state index contributed by atoms with van der Waals surface area (Å²) in [5.74, 6) is 0.755. The van der Waals surface area contributed by atoms with E-state index in [0.717, 1.165) is 27.8 Å². The molecule has 0 aliphatic carbocycles. The summed E-state index contributed by atoms with van der Waals surface area (Å²) in [4.78, 5) is 17.1. The lowest BCUT2D eigenvalue weighted by Crippen LogP contribution is -2.39. The second-order valence-corrected chi connectivity index (χ2v) is 9.48. The lowest BCUT2D eigenvalue weighted by Gasteiger charge is -2.26. The van der Waals surface area contributed by atoms with E-state index in [-0.39, 0.29) is 17.8 Å². The van der Waals surface area contributed by atoms with Crippen LogP contribution in [0.5, 0.6) is 11.5 Å². The first-order valence-corrected chi connectivity index (χ1v) is 12.6. The minimum absolute atomic E-state index is 0.252. The Labute approximate surface area is 217 Å². The number of aryl methyl sites for hydroxylation is 1. The number of nitrogens with zero attached hydrogens (tertiary/aromatic N) is 3. The number of ether oxygens (including phenoxy) is 2. The molecule has 1 amide bonds. The number of thiazole rings is 1. The van der Waals surface area contributed by atoms with Crippen LogP contribution in [0.2, 0.25) is 0 Å². The third kappa shape index (κ3) is 5.31. The van der Waals surface area contributed by atoms with E-state index in [9.17, 15) is 9.18 Å². The van der Waals surface area contributed by atoms with Crippen LogP contribution in [0.25, 0.3) is 16.6 Å². The van der Waals surface area contributed by atoms with Gasteiger partial charge in [0.2, 0.25) is 0 Å². The van der Waals surface area contributed by atoms with Crippen molar-refractivity contribution < 1.29 is 18.7 Å². The predicted molar refractivity (Wildman–Crippen MR) is 141 cm³/mol. The first-order chi connectivity index (χ1) is 17.9. The molecule has 2 heterocycles. The first-order valence-electron chi connectivity index (χ1n) is 11.7. The Balaban J connectivity index is 1.44. The van der Waals surface area contributed by atoms with E-state index in [0.29, 0.717) is 16.5 Å². The second-order valence-electron chi connectivity index (χ2n) is 8.62. The quantitative estimate of drug-likeness (QED) is 0.279. The van der Waals surface area contributed by atoms with E-state index in [2.05, 4.69) is 15.4 Å². The molecule has 0 aliphatic rings. The molecular formula is C28H25FN4O3S. The van der Waals surface area contributed by atoms with Crippen molar-refractivity contribution in [2.24, 2.45) is 0 Å². The molecule has 5 rings (SSSR count). The zero-order valence-electron chi connectivity index (χ0n) is 20.5. The molecule has 0 fully saturated rings. The van der Waals surface area contributed by atoms with Gasteiger partial charge in [-0.25, -0.2) is 14.1 Å². The van der Waals surface area contributed by atoms with Crippen LogP contribution < -0.4 is 14.8 Å². The van der Waals surface area contributed by atoms with Gasteiger partial charge in [0.15, 0.2) is 5.01 Å². The molecule has 0 bridgehead atoms. The molecule has 37 heavy (non-hydrogen) atoms. The highest BCUT2D eigenvalue weighted by Crippen LogP contribution is 2.30. The Morgan fingerprint density at radius 2 is 1.89 bits per heavy atom. The molecule has 188 valence electrons. The fourth-order valence-electron chi connectivity index (χ4n) is 4.10. The van der Waals surface area contributed by atoms with Crippen LogP contribution in [-0.4, -0.2) is 33.8 Å². The van der Waals surface area contributed by atoms with Crippen LogP contribution >= 0.6 is 11.3 Å². The maximum atomic E-state index is 13.4. The number of fused-ring (bicyclic) bond motifs is 1. The summed E-state index contributed by atoms with van der Waals surface area (Å²) in [7, 11) is 1.61. The molecule has 3 aromatic carbocycles. The van der Waals surface area contributed by atoms with E-state index in [4.69, 9.17) is 9.47 Å². The average molecular weight is 517 g/mol. The SMILES string of the molecule is COc1cccc(C(Oc2ccc3c(cnn3-c3ccc(F)cc3)c2)C(C)NC(=O)c2nc(C)cs2)c1. The number of benzene rings is 3. The van der Waals surface area contributed by atoms with Gasteiger partial charge in [0.25, 0.3) is 5.91 Å². The molecule has 5 aromatic rings. The van der Waals surface area contributed by atoms with Crippen LogP contribution in [0.4, 0.5) is 4.39 Å². The van der Waals surface area contributed by atoms with Gasteiger partial charge in [-0.2, -0.15) is 5.10 Å². The summed E-state index contributed by atoms with van der Waals surface area (Å²) in [6, 6.07) is 19.0. The van der Waals surface area contributed by atoms with E-state index in [1.54, 1.807) is 30.1 Å². The molecule has 0 saturated heterocycles. The Morgan fingerprint density at radius 3 is 2.62 bits per heavy atom. The molecule has 0 radical (unpaired) electrons. The molecule has 1 N–H and O–H groups in total. The van der Waals surface area contributed by atoms with Crippen LogP contribution in [0.3, 0.4) is 0 Å². The summed E-state index contributed by atoms with van der Waals surface area (Å²) in [5, 5.41) is 10.6. The van der Waals surface area contributed by atoms with Crippen LogP contribution in [0.15, 0.2) is 78.3 Å². The van der Waals surface area contributed by atoms with Gasteiger partial charge in [0.05, 0.1) is 30.6 Å². The molecule has 0 aliphatic heterocycles. The van der Waals surface area contributed by atoms with Gasteiger partial charge in [-0.3, -0.25) is 4.79 Å². The predicted octanol–water partition coefficient (Wildman–Crippen LogP) is 5.88. The van der Waals surface area contributed by atoms with Crippen molar-refractivity contribution in [2.45, 2.75) is 26.0 Å². The second kappa shape index (κ2) is 10.4. The number of methoxy groups -OCH3 is 1. The third-order valence-corrected chi connectivity index (χ3v) is 6.88. The minimum atomic E-state index is -0.510. The molecule has 2 aromatic heterocycles. The van der Waals surface area contributed by atoms with E-state index in [1.807, 2.05) is 61.7 Å². The van der Waals surface area contributed by atoms with Crippen LogP contribution in [-0.2, 0) is 0 Å². The normalized spacial score (nSPS) is 12.8. The largest absolute Gasteiger partial charge is 0.497 e. The van der Waals surface area contributed by atoms with Crippen LogP contribution in [0.1, 0.15) is 34.1 Å². The Bertz CT molecular complexity index is 1550. The molecule has 9 heteroatoms. The number of amides is 1. The standard InChI is InChI=1S/C28H25FN4O3S/c1-17-16-37-28(31-17)27(34)32-18(2)26(19-5-4-6-23(13-19)35-3)36-24-11-12-25-20(14-24)15-30-33(25)22-9-7-21(29)8-10-22/h4-16,18,26H,1-3H3,(H,32,34). The maximum Gasteiger partial charge on any atom is 0.280 e. The lowest BCUT2D eigenvalue weighted by atomic mass is 10.0. The Kier molecular flexibility index (Phi) is 6.87. The van der Waals surface area contributed by atoms with Crippen LogP contribution in [0, 0.1) is 12.7 Å². The number of rotatable bonds is 8. The van der Waals surface area contributed by atoms with Gasteiger partial charge < -0.3 is 14.8 Å². The fraction of sp³-hybridized carbons (Fsp3) is 0.179. The molecule has 0 spiro atoms. The maximum absolute atomic E-state index is 13.4. The number of aromatic nitrogens is 3. The molecular weight excluding hydrogens is 491 g/mol. The van der Waals surface area contributed by atoms with Gasteiger partial charge in [0.1, 0.15) is 23.4 Å². The fourth-order valence-corrected chi connectivity index (χ4v) is 4.80. The summed E-state index contributed by atoms with van der Waals surface area (Å²) in [6.07, 6.45) is 1.23. The van der Waals surface area contributed by atoms with Crippen molar-refractivity contribution in [3.05, 3.63) is 100 Å². The van der Waals surface area contributed by atoms with Gasteiger partial charge >= 0.3 is 0 Å². The lowest BCUT2D eigenvalue weighted by molar-refractivity contribution is 0.0881. The summed E-state index contributed by atoms with van der Waals surface area (Å²) in [6.45, 7) is 3.75. The van der Waals surface area contributed by atoms with E-state index in [1.165, 1.54) is 23.5 Å². The van der Waals surface area contributed by atoms with Crippen molar-refractivity contribution >= 4 is 28.1 Å². The summed E-state index contributed by atoms with van der Waals surface area (Å²) in [5.41, 5.74) is 3.27. The van der Waals surface area contributed by atoms with Crippen molar-refractivity contribution in [1.29, 1.82) is 0 Å². The van der Waals surface area contributed by atoms with Gasteiger partial charge in [-0.05, 0) is 74.0 Å². The summed E-state index contributed by atoms with van der Waals surface area (Å²) >= 11 is 1.31. The molecule has 0 saturated carbocycles. The monoisotopic (exact) mass is 516 g/mol. The summed E-state index contributed by atoms with van der Waals surface area (Å²) < 4.78 is 27.0. The number of halogens is 1. The van der Waals surface area contributed by atoms with E-state index >= 15 is 0 Å². The Hall–Kier alpha value is -4.24. The number of nitrogens with one attached hydrogen (secondary N) is 1. The van der Waals surface area contributed by atoms with Crippen molar-refractivity contribution in [3.63, 3.8) is 0 Å². The topological polar surface area (TPSA) is 78.3 Å². The third-order valence-electron chi connectivity index (χ3n) is 5.92. The number of carbonyl (C=O) groups is 1. The number of carbonyl (C=O) groups excluding carboxylic acids is 1. The smallest absolute Gasteiger partial charge is 0.280 e. The highest BCUT2D eigenvalue weighted by atomic mass is 32.1. The average Bonchev–Trinajstić information content (AvgIpc) is 3.54. The van der Waals surface area contributed by atoms with Gasteiger partial charge in [0, 0.05) is 16.5 Å². The number of hydrogen-bond donors (Lipinski definition) is 1. The Morgan fingerprint density at radius 1 is 1.08 bits per heavy atom. The first kappa shape index (κ1) is 24.5. The zero-order valence-corrected chi connectivity index (χ0v) is 21.3. The molecule has 7 nitrogen and oxygen atoms in total. The minimum Gasteiger partial charge on any atom is -0.497 e. The van der Waals surface area contributed by atoms with Gasteiger partial charge in [-0.1, -0.05) is 12.1 Å². The highest BCUT2D eigenvalue weighted by molar-refractivity contribution is 7.11. The highest BCUT2D eigenvalue weighted by Gasteiger charge is 2.25. The molecule has 2 atom stereocenters. The van der Waals surface area contributed by atoms with Gasteiger partial charge in [-0.15, -0.1) is 11.3 Å². The van der Waals surface area contributed by atoms with Crippen molar-refractivity contribution in [2.75, 3.05) is 7.11 Å². The number of hydrogen-bond acceptors (Lipinski definition) is 6. The van der Waals surface area contributed by atoms with Crippen molar-refractivity contribution in [1.82, 2.24) is 20.1 Å². The molecule has 2 unspecified atom stereocenters. The van der Waals surface area contributed by atoms with E-state index < -0.39 is 6.10 Å². The zero-order chi connectivity index (χ0) is 25.9.